The van der Waals surface area contributed by atoms with Gasteiger partial charge in [-0.3, -0.25) is 4.90 Å². The molecule has 0 saturated heterocycles. The molecule has 0 amide bonds. The number of likely N-dealkylation sites (N-methyl/N-ethyl adjacent to an activating group) is 1. The van der Waals surface area contributed by atoms with E-state index in [-0.39, 0.29) is 6.10 Å². The molecular formula is C12H16N2O2S. The lowest BCUT2D eigenvalue weighted by Gasteiger charge is -2.16. The molecule has 2 aromatic heterocycles. The van der Waals surface area contributed by atoms with Gasteiger partial charge in [0.2, 0.25) is 0 Å². The van der Waals surface area contributed by atoms with Gasteiger partial charge in [-0.1, -0.05) is 0 Å². The zero-order valence-corrected chi connectivity index (χ0v) is 10.8. The van der Waals surface area contributed by atoms with Crippen molar-refractivity contribution in [3.63, 3.8) is 0 Å². The van der Waals surface area contributed by atoms with Crippen LogP contribution in [0.4, 0.5) is 0 Å². The summed E-state index contributed by atoms with van der Waals surface area (Å²) in [7, 11) is 1.97. The van der Waals surface area contributed by atoms with E-state index in [2.05, 4.69) is 4.98 Å². The van der Waals surface area contributed by atoms with E-state index in [1.54, 1.807) is 24.5 Å². The van der Waals surface area contributed by atoms with Crippen molar-refractivity contribution in [2.24, 2.45) is 0 Å². The Kier molecular flexibility index (Phi) is 3.93. The summed E-state index contributed by atoms with van der Waals surface area (Å²) < 4.78 is 5.30. The van der Waals surface area contributed by atoms with E-state index in [0.29, 0.717) is 6.54 Å². The van der Waals surface area contributed by atoms with E-state index in [4.69, 9.17) is 4.42 Å². The molecule has 0 aliphatic rings. The zero-order chi connectivity index (χ0) is 12.3. The Labute approximate surface area is 105 Å². The van der Waals surface area contributed by atoms with Gasteiger partial charge < -0.3 is 9.52 Å². The fraction of sp³-hybridized carbons (Fsp3) is 0.417. The van der Waals surface area contributed by atoms with Crippen LogP contribution in [-0.4, -0.2) is 34.7 Å². The zero-order valence-electron chi connectivity index (χ0n) is 9.96. The normalized spacial score (nSPS) is 13.2. The van der Waals surface area contributed by atoms with Gasteiger partial charge in [-0.15, -0.1) is 11.3 Å². The minimum atomic E-state index is -0.317. The minimum absolute atomic E-state index is 0.317. The Bertz CT molecular complexity index is 451. The lowest BCUT2D eigenvalue weighted by Crippen LogP contribution is -2.26. The summed E-state index contributed by atoms with van der Waals surface area (Å²) in [6, 6.07) is 3.76. The number of rotatable bonds is 5. The Balaban J connectivity index is 1.99. The number of nitrogens with zero attached hydrogens (tertiary/aromatic N) is 2. The lowest BCUT2D eigenvalue weighted by atomic mass is 10.3. The van der Waals surface area contributed by atoms with Crippen molar-refractivity contribution >= 4 is 11.3 Å². The topological polar surface area (TPSA) is 49.5 Å². The van der Waals surface area contributed by atoms with Gasteiger partial charge in [0.05, 0.1) is 18.1 Å². The highest BCUT2D eigenvalue weighted by Crippen LogP contribution is 2.24. The summed E-state index contributed by atoms with van der Waals surface area (Å²) in [5.41, 5.74) is 1.00. The summed E-state index contributed by atoms with van der Waals surface area (Å²) in [4.78, 5) is 6.55. The number of hydrogen-bond donors (Lipinski definition) is 1. The van der Waals surface area contributed by atoms with Crippen molar-refractivity contribution in [2.45, 2.75) is 19.6 Å². The molecule has 0 fully saturated rings. The van der Waals surface area contributed by atoms with Crippen molar-refractivity contribution in [3.8, 4) is 10.8 Å². The fourth-order valence-electron chi connectivity index (χ4n) is 1.69. The summed E-state index contributed by atoms with van der Waals surface area (Å²) in [6.07, 6.45) is 1.33. The molecule has 2 aromatic rings. The van der Waals surface area contributed by atoms with Crippen LogP contribution < -0.4 is 0 Å². The average Bonchev–Trinajstić information content (AvgIpc) is 2.84. The van der Waals surface area contributed by atoms with Gasteiger partial charge in [0, 0.05) is 18.5 Å². The van der Waals surface area contributed by atoms with Crippen molar-refractivity contribution in [1.29, 1.82) is 0 Å². The van der Waals surface area contributed by atoms with E-state index >= 15 is 0 Å². The molecule has 0 spiro atoms. The SMILES string of the molecule is CC(O)CN(C)Cc1csc(-c2ccco2)n1. The molecule has 1 atom stereocenters. The molecule has 0 bridgehead atoms. The Morgan fingerprint density at radius 2 is 2.41 bits per heavy atom. The third-order valence-corrected chi connectivity index (χ3v) is 3.20. The van der Waals surface area contributed by atoms with Crippen LogP contribution in [0.3, 0.4) is 0 Å². The van der Waals surface area contributed by atoms with Crippen LogP contribution in [-0.2, 0) is 6.54 Å². The van der Waals surface area contributed by atoms with E-state index in [9.17, 15) is 5.11 Å². The highest BCUT2D eigenvalue weighted by Gasteiger charge is 2.09. The standard InChI is InChI=1S/C12H16N2O2S/c1-9(15)6-14(2)7-10-8-17-12(13-10)11-4-3-5-16-11/h3-5,8-9,15H,6-7H2,1-2H3. The van der Waals surface area contributed by atoms with Gasteiger partial charge in [0.25, 0.3) is 0 Å². The van der Waals surface area contributed by atoms with Gasteiger partial charge in [0.1, 0.15) is 0 Å². The molecule has 4 nitrogen and oxygen atoms in total. The van der Waals surface area contributed by atoms with Gasteiger partial charge in [-0.25, -0.2) is 4.98 Å². The second-order valence-electron chi connectivity index (χ2n) is 4.17. The first-order chi connectivity index (χ1) is 8.15. The van der Waals surface area contributed by atoms with Gasteiger partial charge in [-0.05, 0) is 26.1 Å². The van der Waals surface area contributed by atoms with Crippen LogP contribution in [0.15, 0.2) is 28.2 Å². The van der Waals surface area contributed by atoms with Crippen molar-refractivity contribution in [3.05, 3.63) is 29.5 Å². The first kappa shape index (κ1) is 12.3. The number of aliphatic hydroxyl groups excluding tert-OH is 1. The molecule has 0 radical (unpaired) electrons. The predicted octanol–water partition coefficient (Wildman–Crippen LogP) is 2.22. The van der Waals surface area contributed by atoms with Gasteiger partial charge >= 0.3 is 0 Å². The van der Waals surface area contributed by atoms with Crippen LogP contribution in [0.5, 0.6) is 0 Å². The van der Waals surface area contributed by atoms with Crippen molar-refractivity contribution in [2.75, 3.05) is 13.6 Å². The summed E-state index contributed by atoms with van der Waals surface area (Å²) in [5, 5.41) is 12.2. The maximum Gasteiger partial charge on any atom is 0.162 e. The maximum absolute atomic E-state index is 9.28. The summed E-state index contributed by atoms with van der Waals surface area (Å²) in [5.74, 6) is 0.805. The van der Waals surface area contributed by atoms with E-state index in [0.717, 1.165) is 23.0 Å². The first-order valence-electron chi connectivity index (χ1n) is 5.50. The third-order valence-electron chi connectivity index (χ3n) is 2.29. The highest BCUT2D eigenvalue weighted by atomic mass is 32.1. The molecule has 17 heavy (non-hydrogen) atoms. The van der Waals surface area contributed by atoms with Crippen LogP contribution in [0.25, 0.3) is 10.8 Å². The van der Waals surface area contributed by atoms with Crippen LogP contribution in [0.1, 0.15) is 12.6 Å². The smallest absolute Gasteiger partial charge is 0.162 e. The molecule has 1 unspecified atom stereocenters. The second-order valence-corrected chi connectivity index (χ2v) is 5.03. The largest absolute Gasteiger partial charge is 0.462 e. The molecule has 1 N–H and O–H groups in total. The molecule has 92 valence electrons. The number of furan rings is 1. The van der Waals surface area contributed by atoms with Crippen molar-refractivity contribution in [1.82, 2.24) is 9.88 Å². The lowest BCUT2D eigenvalue weighted by molar-refractivity contribution is 0.138. The predicted molar refractivity (Wildman–Crippen MR) is 67.8 cm³/mol. The molecular weight excluding hydrogens is 236 g/mol. The average molecular weight is 252 g/mol. The van der Waals surface area contributed by atoms with E-state index < -0.39 is 0 Å². The number of thiazole rings is 1. The molecule has 0 aliphatic carbocycles. The van der Waals surface area contributed by atoms with Gasteiger partial charge in [-0.2, -0.15) is 0 Å². The number of hydrogen-bond acceptors (Lipinski definition) is 5. The molecule has 5 heteroatoms. The van der Waals surface area contributed by atoms with Crippen LogP contribution >= 0.6 is 11.3 Å². The molecule has 0 aromatic carbocycles. The molecule has 0 aliphatic heterocycles. The summed E-state index contributed by atoms with van der Waals surface area (Å²) >= 11 is 1.57. The highest BCUT2D eigenvalue weighted by molar-refractivity contribution is 7.13. The minimum Gasteiger partial charge on any atom is -0.462 e. The summed E-state index contributed by atoms with van der Waals surface area (Å²) in [6.45, 7) is 3.17. The first-order valence-corrected chi connectivity index (χ1v) is 6.38. The van der Waals surface area contributed by atoms with E-state index in [1.165, 1.54) is 0 Å². The van der Waals surface area contributed by atoms with Gasteiger partial charge in [0.15, 0.2) is 10.8 Å². The number of aliphatic hydroxyl groups is 1. The Morgan fingerprint density at radius 3 is 3.06 bits per heavy atom. The van der Waals surface area contributed by atoms with Crippen molar-refractivity contribution < 1.29 is 9.52 Å². The molecule has 0 saturated carbocycles. The number of aromatic nitrogens is 1. The third kappa shape index (κ3) is 3.39. The molecule has 2 rings (SSSR count). The fourth-order valence-corrected chi connectivity index (χ4v) is 2.46. The van der Waals surface area contributed by atoms with Crippen LogP contribution in [0.2, 0.25) is 0 Å². The Hall–Kier alpha value is -1.17. The Morgan fingerprint density at radius 1 is 1.59 bits per heavy atom. The van der Waals surface area contributed by atoms with Crippen LogP contribution in [0, 0.1) is 0 Å². The second kappa shape index (κ2) is 5.44. The molecule has 2 heterocycles. The quantitative estimate of drug-likeness (QED) is 0.886. The monoisotopic (exact) mass is 252 g/mol. The maximum atomic E-state index is 9.28. The van der Waals surface area contributed by atoms with E-state index in [1.807, 2.05) is 29.5 Å².